The van der Waals surface area contributed by atoms with Crippen LogP contribution >= 0.6 is 22.9 Å². The number of carbonyl (C=O) groups is 1. The van der Waals surface area contributed by atoms with Crippen LogP contribution in [0.25, 0.3) is 21.1 Å². The molecule has 1 fully saturated rings. The number of benzene rings is 1. The number of halogens is 1. The van der Waals surface area contributed by atoms with Crippen LogP contribution in [0, 0.1) is 6.92 Å². The lowest BCUT2D eigenvalue weighted by Crippen LogP contribution is -2.32. The van der Waals surface area contributed by atoms with Gasteiger partial charge in [0, 0.05) is 37.9 Å². The fourth-order valence-electron chi connectivity index (χ4n) is 2.98. The van der Waals surface area contributed by atoms with Crippen LogP contribution in [0.4, 0.5) is 10.7 Å². The number of nitrogens with zero attached hydrogens (tertiary/aromatic N) is 4. The summed E-state index contributed by atoms with van der Waals surface area (Å²) in [6.07, 6.45) is 1.72. The van der Waals surface area contributed by atoms with E-state index in [2.05, 4.69) is 25.6 Å². The summed E-state index contributed by atoms with van der Waals surface area (Å²) in [5, 5.41) is 7.52. The number of hydrogen-bond acceptors (Lipinski definition) is 6. The van der Waals surface area contributed by atoms with Gasteiger partial charge in [0.25, 0.3) is 0 Å². The largest absolute Gasteiger partial charge is 0.352 e. The normalized spacial score (nSPS) is 13.6. The van der Waals surface area contributed by atoms with Gasteiger partial charge in [-0.3, -0.25) is 0 Å². The number of aromatic nitrogens is 3. The highest BCUT2D eigenvalue weighted by Crippen LogP contribution is 2.37. The predicted molar refractivity (Wildman–Crippen MR) is 112 cm³/mol. The van der Waals surface area contributed by atoms with Crippen molar-refractivity contribution in [2.24, 2.45) is 0 Å². The van der Waals surface area contributed by atoms with Crippen molar-refractivity contribution in [2.75, 3.05) is 31.5 Å². The first kappa shape index (κ1) is 18.6. The zero-order chi connectivity index (χ0) is 19.5. The molecule has 9 heteroatoms. The van der Waals surface area contributed by atoms with E-state index in [1.165, 1.54) is 0 Å². The number of nitrogens with one attached hydrogen (secondary N) is 2. The van der Waals surface area contributed by atoms with Gasteiger partial charge in [-0.2, -0.15) is 0 Å². The molecule has 144 valence electrons. The van der Waals surface area contributed by atoms with E-state index in [4.69, 9.17) is 11.6 Å². The summed E-state index contributed by atoms with van der Waals surface area (Å²) < 4.78 is 0. The van der Waals surface area contributed by atoms with Gasteiger partial charge in [-0.1, -0.05) is 29.8 Å². The average Bonchev–Trinajstić information content (AvgIpc) is 3.28. The Hall–Kier alpha value is -2.71. The second kappa shape index (κ2) is 8.12. The lowest BCUT2D eigenvalue weighted by Gasteiger charge is -2.14. The highest BCUT2D eigenvalue weighted by Gasteiger charge is 2.18. The van der Waals surface area contributed by atoms with Crippen LogP contribution in [0.1, 0.15) is 5.69 Å². The molecule has 1 aliphatic heterocycles. The molecule has 2 aromatic heterocycles. The van der Waals surface area contributed by atoms with E-state index in [0.29, 0.717) is 30.6 Å². The monoisotopic (exact) mass is 414 g/mol. The average molecular weight is 415 g/mol. The molecule has 2 N–H and O–H groups in total. The zero-order valence-electron chi connectivity index (χ0n) is 15.3. The first-order valence-electron chi connectivity index (χ1n) is 8.94. The van der Waals surface area contributed by atoms with E-state index in [-0.39, 0.29) is 6.03 Å². The number of aryl methyl sites for hydroxylation is 1. The number of thiazole rings is 1. The number of carbonyl (C=O) groups excluding carboxylic acids is 1. The maximum atomic E-state index is 11.6. The molecule has 0 aliphatic carbocycles. The number of urea groups is 1. The third kappa shape index (κ3) is 3.93. The molecule has 0 saturated carbocycles. The molecule has 7 nitrogen and oxygen atoms in total. The fraction of sp³-hybridized carbons (Fsp3) is 0.263. The molecule has 0 atom stereocenters. The van der Waals surface area contributed by atoms with Crippen LogP contribution in [-0.2, 0) is 0 Å². The Kier molecular flexibility index (Phi) is 5.40. The maximum absolute atomic E-state index is 11.6. The first-order valence-corrected chi connectivity index (χ1v) is 10.1. The van der Waals surface area contributed by atoms with Crippen molar-refractivity contribution in [3.63, 3.8) is 0 Å². The van der Waals surface area contributed by atoms with Crippen molar-refractivity contribution in [1.29, 1.82) is 0 Å². The summed E-state index contributed by atoms with van der Waals surface area (Å²) in [6.45, 7) is 4.59. The molecule has 0 unspecified atom stereocenters. The minimum absolute atomic E-state index is 0.0242. The fourth-order valence-corrected chi connectivity index (χ4v) is 4.34. The van der Waals surface area contributed by atoms with Crippen LogP contribution in [0.5, 0.6) is 0 Å². The lowest BCUT2D eigenvalue weighted by molar-refractivity contribution is 0.219. The Labute approximate surface area is 171 Å². The van der Waals surface area contributed by atoms with E-state index < -0.39 is 0 Å². The van der Waals surface area contributed by atoms with Crippen LogP contribution in [0.3, 0.4) is 0 Å². The Morgan fingerprint density at radius 1 is 1.29 bits per heavy atom. The van der Waals surface area contributed by atoms with E-state index in [0.717, 1.165) is 33.4 Å². The summed E-state index contributed by atoms with van der Waals surface area (Å²) >= 11 is 7.87. The molecule has 0 radical (unpaired) electrons. The van der Waals surface area contributed by atoms with Crippen molar-refractivity contribution in [3.8, 4) is 21.1 Å². The van der Waals surface area contributed by atoms with Gasteiger partial charge in [-0.05, 0) is 19.1 Å². The molecule has 3 heterocycles. The minimum atomic E-state index is -0.0242. The van der Waals surface area contributed by atoms with Crippen LogP contribution in [-0.4, -0.2) is 52.1 Å². The van der Waals surface area contributed by atoms with Gasteiger partial charge in [0.15, 0.2) is 0 Å². The zero-order valence-corrected chi connectivity index (χ0v) is 16.8. The Balaban J connectivity index is 1.50. The molecule has 3 aromatic rings. The highest BCUT2D eigenvalue weighted by molar-refractivity contribution is 7.18. The molecule has 1 saturated heterocycles. The van der Waals surface area contributed by atoms with Crippen molar-refractivity contribution < 1.29 is 4.79 Å². The second-order valence-corrected chi connectivity index (χ2v) is 7.73. The molecule has 1 aromatic carbocycles. The molecule has 0 bridgehead atoms. The molecule has 2 amide bonds. The van der Waals surface area contributed by atoms with E-state index in [9.17, 15) is 4.79 Å². The quantitative estimate of drug-likeness (QED) is 0.643. The SMILES string of the molecule is Cc1nc(-c2ccccc2Cl)sc1-c1ccnc(NCCN2CCNC2=O)n1. The topological polar surface area (TPSA) is 83.0 Å². The number of rotatable bonds is 6. The van der Waals surface area contributed by atoms with Crippen LogP contribution in [0.15, 0.2) is 36.5 Å². The molecule has 1 aliphatic rings. The van der Waals surface area contributed by atoms with E-state index >= 15 is 0 Å². The molecule has 0 spiro atoms. The molecular weight excluding hydrogens is 396 g/mol. The van der Waals surface area contributed by atoms with E-state index in [1.54, 1.807) is 22.4 Å². The van der Waals surface area contributed by atoms with Crippen LogP contribution in [0.2, 0.25) is 5.02 Å². The summed E-state index contributed by atoms with van der Waals surface area (Å²) in [7, 11) is 0. The Morgan fingerprint density at radius 2 is 2.14 bits per heavy atom. The number of anilines is 1. The second-order valence-electron chi connectivity index (χ2n) is 6.32. The summed E-state index contributed by atoms with van der Waals surface area (Å²) in [6, 6.07) is 9.53. The molecule has 4 rings (SSSR count). The van der Waals surface area contributed by atoms with Gasteiger partial charge in [-0.15, -0.1) is 11.3 Å². The van der Waals surface area contributed by atoms with Crippen molar-refractivity contribution in [1.82, 2.24) is 25.2 Å². The maximum Gasteiger partial charge on any atom is 0.317 e. The predicted octanol–water partition coefficient (Wildman–Crippen LogP) is 3.67. The Morgan fingerprint density at radius 3 is 2.93 bits per heavy atom. The molecule has 28 heavy (non-hydrogen) atoms. The third-order valence-electron chi connectivity index (χ3n) is 4.40. The summed E-state index contributed by atoms with van der Waals surface area (Å²) in [5.41, 5.74) is 2.63. The summed E-state index contributed by atoms with van der Waals surface area (Å²) in [5.74, 6) is 0.532. The van der Waals surface area contributed by atoms with Gasteiger partial charge >= 0.3 is 6.03 Å². The summed E-state index contributed by atoms with van der Waals surface area (Å²) in [4.78, 5) is 27.9. The van der Waals surface area contributed by atoms with Gasteiger partial charge < -0.3 is 15.5 Å². The highest BCUT2D eigenvalue weighted by atomic mass is 35.5. The third-order valence-corrected chi connectivity index (χ3v) is 5.94. The van der Waals surface area contributed by atoms with Crippen LogP contribution < -0.4 is 10.6 Å². The van der Waals surface area contributed by atoms with Crippen molar-refractivity contribution in [2.45, 2.75) is 6.92 Å². The molecular formula is C19H19ClN6OS. The van der Waals surface area contributed by atoms with Gasteiger partial charge in [0.2, 0.25) is 5.95 Å². The van der Waals surface area contributed by atoms with Gasteiger partial charge in [0.05, 0.1) is 21.3 Å². The first-order chi connectivity index (χ1) is 13.6. The Bertz CT molecular complexity index is 1010. The smallest absolute Gasteiger partial charge is 0.317 e. The van der Waals surface area contributed by atoms with E-state index in [1.807, 2.05) is 37.3 Å². The van der Waals surface area contributed by atoms with Crippen molar-refractivity contribution >= 4 is 34.9 Å². The number of amides is 2. The van der Waals surface area contributed by atoms with Gasteiger partial charge in [0.1, 0.15) is 5.01 Å². The number of hydrogen-bond donors (Lipinski definition) is 2. The van der Waals surface area contributed by atoms with Gasteiger partial charge in [-0.25, -0.2) is 19.7 Å². The lowest BCUT2D eigenvalue weighted by atomic mass is 10.2. The van der Waals surface area contributed by atoms with Crippen molar-refractivity contribution in [3.05, 3.63) is 47.2 Å². The standard InChI is InChI=1S/C19H19ClN6OS/c1-12-16(28-17(24-12)13-4-2-3-5-14(13)20)15-6-7-21-18(25-15)22-8-10-26-11-9-23-19(26)27/h2-7H,8-11H2,1H3,(H,23,27)(H,21,22,25). The minimum Gasteiger partial charge on any atom is -0.352 e.